The zero-order chi connectivity index (χ0) is 16.8. The zero-order valence-electron chi connectivity index (χ0n) is 13.8. The molecule has 124 valence electrons. The summed E-state index contributed by atoms with van der Waals surface area (Å²) in [6.07, 6.45) is 8.69. The van der Waals surface area contributed by atoms with Crippen LogP contribution in [0.25, 0.3) is 22.4 Å². The monoisotopic (exact) mass is 331 g/mol. The van der Waals surface area contributed by atoms with E-state index in [4.69, 9.17) is 0 Å². The van der Waals surface area contributed by atoms with Gasteiger partial charge in [0.25, 0.3) is 5.78 Å². The van der Waals surface area contributed by atoms with Crippen LogP contribution in [0, 0.1) is 6.92 Å². The summed E-state index contributed by atoms with van der Waals surface area (Å²) in [5, 5.41) is 5.49. The fourth-order valence-electron chi connectivity index (χ4n) is 3.48. The van der Waals surface area contributed by atoms with Crippen molar-refractivity contribution in [1.82, 2.24) is 29.5 Å². The van der Waals surface area contributed by atoms with Crippen LogP contribution < -0.4 is 4.90 Å². The lowest BCUT2D eigenvalue weighted by Gasteiger charge is -2.28. The van der Waals surface area contributed by atoms with Crippen LogP contribution in [-0.4, -0.2) is 42.6 Å². The number of aromatic amines is 1. The Morgan fingerprint density at radius 1 is 1.24 bits per heavy atom. The van der Waals surface area contributed by atoms with E-state index in [1.54, 1.807) is 10.8 Å². The molecule has 25 heavy (non-hydrogen) atoms. The molecule has 0 aromatic carbocycles. The third-order valence-corrected chi connectivity index (χ3v) is 4.69. The topological polar surface area (TPSA) is 75.0 Å². The van der Waals surface area contributed by atoms with Crippen LogP contribution in [0.2, 0.25) is 0 Å². The number of aromatic nitrogens is 6. The van der Waals surface area contributed by atoms with Crippen molar-refractivity contribution in [3.05, 3.63) is 54.3 Å². The normalized spacial score (nSPS) is 15.1. The highest BCUT2D eigenvalue weighted by molar-refractivity contribution is 5.91. The molecule has 0 unspecified atom stereocenters. The van der Waals surface area contributed by atoms with Gasteiger partial charge >= 0.3 is 0 Å². The largest absolute Gasteiger partial charge is 0.352 e. The van der Waals surface area contributed by atoms with Gasteiger partial charge in [-0.3, -0.25) is 0 Å². The maximum Gasteiger partial charge on any atom is 0.254 e. The van der Waals surface area contributed by atoms with Gasteiger partial charge in [0.05, 0.1) is 0 Å². The van der Waals surface area contributed by atoms with E-state index in [2.05, 4.69) is 54.3 Å². The summed E-state index contributed by atoms with van der Waals surface area (Å²) in [5.41, 5.74) is 4.50. The Bertz CT molecular complexity index is 1100. The molecule has 1 aliphatic rings. The smallest absolute Gasteiger partial charge is 0.254 e. The van der Waals surface area contributed by atoms with Gasteiger partial charge in [0.1, 0.15) is 17.8 Å². The standard InChI is InChI=1S/C18H17N7/c1-12-9-16(25-18(23-12)21-11-22-25)24-7-4-13(5-8-24)15-10-20-17-14(15)3-2-6-19-17/h2-4,6,9-11H,5,7-8H2,1H3,(H,19,20). The van der Waals surface area contributed by atoms with Crippen molar-refractivity contribution in [2.75, 3.05) is 18.0 Å². The number of hydrogen-bond acceptors (Lipinski definition) is 5. The highest BCUT2D eigenvalue weighted by Gasteiger charge is 2.19. The molecule has 7 heteroatoms. The van der Waals surface area contributed by atoms with E-state index in [0.29, 0.717) is 5.78 Å². The van der Waals surface area contributed by atoms with E-state index in [0.717, 1.165) is 36.7 Å². The minimum absolute atomic E-state index is 0.646. The van der Waals surface area contributed by atoms with Gasteiger partial charge in [-0.2, -0.15) is 14.6 Å². The van der Waals surface area contributed by atoms with Crippen molar-refractivity contribution >= 4 is 28.2 Å². The molecule has 0 radical (unpaired) electrons. The van der Waals surface area contributed by atoms with Crippen LogP contribution in [0.4, 0.5) is 5.82 Å². The first kappa shape index (κ1) is 14.2. The average molecular weight is 331 g/mol. The third-order valence-electron chi connectivity index (χ3n) is 4.69. The van der Waals surface area contributed by atoms with Crippen LogP contribution in [-0.2, 0) is 0 Å². The Balaban J connectivity index is 1.50. The number of anilines is 1. The Morgan fingerprint density at radius 2 is 2.20 bits per heavy atom. The molecule has 1 N–H and O–H groups in total. The molecule has 0 spiro atoms. The Labute approximate surface area is 144 Å². The molecule has 5 heterocycles. The molecule has 4 aromatic heterocycles. The van der Waals surface area contributed by atoms with Crippen molar-refractivity contribution in [3.8, 4) is 0 Å². The molecule has 0 saturated heterocycles. The number of aryl methyl sites for hydroxylation is 1. The van der Waals surface area contributed by atoms with E-state index in [1.165, 1.54) is 16.5 Å². The van der Waals surface area contributed by atoms with Crippen LogP contribution in [0.15, 0.2) is 43.0 Å². The zero-order valence-corrected chi connectivity index (χ0v) is 13.8. The molecule has 0 amide bonds. The minimum Gasteiger partial charge on any atom is -0.352 e. The molecular formula is C18H17N7. The summed E-state index contributed by atoms with van der Waals surface area (Å²) in [4.78, 5) is 18.6. The van der Waals surface area contributed by atoms with Crippen LogP contribution >= 0.6 is 0 Å². The first-order valence-corrected chi connectivity index (χ1v) is 8.33. The number of nitrogens with one attached hydrogen (secondary N) is 1. The van der Waals surface area contributed by atoms with Gasteiger partial charge in [-0.1, -0.05) is 6.08 Å². The SMILES string of the molecule is Cc1cc(N2CC=C(c3c[nH]c4ncccc34)CC2)n2ncnc2n1. The molecule has 4 aromatic rings. The number of pyridine rings is 1. The minimum atomic E-state index is 0.646. The highest BCUT2D eigenvalue weighted by atomic mass is 15.4. The Hall–Kier alpha value is -3.22. The van der Waals surface area contributed by atoms with Crippen molar-refractivity contribution in [2.45, 2.75) is 13.3 Å². The van der Waals surface area contributed by atoms with Gasteiger partial charge in [0.2, 0.25) is 0 Å². The number of rotatable bonds is 2. The van der Waals surface area contributed by atoms with Gasteiger partial charge in [-0.05, 0) is 31.1 Å². The number of fused-ring (bicyclic) bond motifs is 2. The fraction of sp³-hybridized carbons (Fsp3) is 0.222. The number of hydrogen-bond donors (Lipinski definition) is 1. The molecule has 1 aliphatic heterocycles. The third kappa shape index (κ3) is 2.27. The van der Waals surface area contributed by atoms with Crippen LogP contribution in [0.3, 0.4) is 0 Å². The maximum absolute atomic E-state index is 4.42. The van der Waals surface area contributed by atoms with Crippen molar-refractivity contribution in [1.29, 1.82) is 0 Å². The molecule has 5 rings (SSSR count). The van der Waals surface area contributed by atoms with Gasteiger partial charge in [-0.15, -0.1) is 0 Å². The van der Waals surface area contributed by atoms with E-state index in [1.807, 2.05) is 19.2 Å². The van der Waals surface area contributed by atoms with Gasteiger partial charge in [0.15, 0.2) is 0 Å². The quantitative estimate of drug-likeness (QED) is 0.611. The maximum atomic E-state index is 4.42. The summed E-state index contributed by atoms with van der Waals surface area (Å²) >= 11 is 0. The lowest BCUT2D eigenvalue weighted by molar-refractivity contribution is 0.778. The van der Waals surface area contributed by atoms with Crippen molar-refractivity contribution in [2.24, 2.45) is 0 Å². The predicted molar refractivity (Wildman–Crippen MR) is 96.4 cm³/mol. The first-order valence-electron chi connectivity index (χ1n) is 8.33. The molecule has 0 atom stereocenters. The number of nitrogens with zero attached hydrogens (tertiary/aromatic N) is 6. The Morgan fingerprint density at radius 3 is 3.08 bits per heavy atom. The van der Waals surface area contributed by atoms with Crippen molar-refractivity contribution in [3.63, 3.8) is 0 Å². The van der Waals surface area contributed by atoms with Gasteiger partial charge in [-0.25, -0.2) is 9.97 Å². The number of H-pyrrole nitrogens is 1. The fourth-order valence-corrected chi connectivity index (χ4v) is 3.48. The van der Waals surface area contributed by atoms with E-state index in [9.17, 15) is 0 Å². The summed E-state index contributed by atoms with van der Waals surface area (Å²) in [5.74, 6) is 1.68. The van der Waals surface area contributed by atoms with Crippen LogP contribution in [0.1, 0.15) is 17.7 Å². The first-order chi connectivity index (χ1) is 12.3. The van der Waals surface area contributed by atoms with Gasteiger partial charge in [0, 0.05) is 48.2 Å². The molecule has 0 fully saturated rings. The molecule has 0 aliphatic carbocycles. The second kappa shape index (κ2) is 5.41. The highest BCUT2D eigenvalue weighted by Crippen LogP contribution is 2.30. The second-order valence-electron chi connectivity index (χ2n) is 6.25. The molecule has 0 bridgehead atoms. The van der Waals surface area contributed by atoms with E-state index < -0.39 is 0 Å². The summed E-state index contributed by atoms with van der Waals surface area (Å²) in [6, 6.07) is 6.17. The predicted octanol–water partition coefficient (Wildman–Crippen LogP) is 2.60. The summed E-state index contributed by atoms with van der Waals surface area (Å²) < 4.78 is 1.81. The van der Waals surface area contributed by atoms with E-state index >= 15 is 0 Å². The molecular weight excluding hydrogens is 314 g/mol. The lowest BCUT2D eigenvalue weighted by atomic mass is 9.99. The van der Waals surface area contributed by atoms with Crippen molar-refractivity contribution < 1.29 is 0 Å². The van der Waals surface area contributed by atoms with Gasteiger partial charge < -0.3 is 9.88 Å². The Kier molecular flexibility index (Phi) is 3.06. The summed E-state index contributed by atoms with van der Waals surface area (Å²) in [6.45, 7) is 3.75. The van der Waals surface area contributed by atoms with E-state index in [-0.39, 0.29) is 0 Å². The lowest BCUT2D eigenvalue weighted by Crippen LogP contribution is -2.30. The molecule has 7 nitrogen and oxygen atoms in total. The van der Waals surface area contributed by atoms with Crippen LogP contribution in [0.5, 0.6) is 0 Å². The summed E-state index contributed by atoms with van der Waals surface area (Å²) in [7, 11) is 0. The molecule has 0 saturated carbocycles. The second-order valence-corrected chi connectivity index (χ2v) is 6.25. The average Bonchev–Trinajstić information content (AvgIpc) is 3.28.